The molecule has 0 saturated heterocycles. The van der Waals surface area contributed by atoms with Gasteiger partial charge in [-0.25, -0.2) is 13.7 Å². The molecular weight excluding hydrogens is 393 g/mol. The number of hydrogen-bond donors (Lipinski definition) is 2. The Bertz CT molecular complexity index is 1100. The van der Waals surface area contributed by atoms with E-state index in [0.717, 1.165) is 0 Å². The highest BCUT2D eigenvalue weighted by Gasteiger charge is 2.36. The number of nitrogens with zero attached hydrogens (tertiary/aromatic N) is 2. The molecule has 2 N–H and O–H groups in total. The lowest BCUT2D eigenvalue weighted by Gasteiger charge is -2.25. The lowest BCUT2D eigenvalue weighted by Crippen LogP contribution is -2.55. The molecule has 0 fully saturated rings. The first kappa shape index (κ1) is 21.3. The van der Waals surface area contributed by atoms with Crippen LogP contribution in [0.15, 0.2) is 42.6 Å². The average molecular weight is 415 g/mol. The van der Waals surface area contributed by atoms with Crippen molar-refractivity contribution in [1.82, 2.24) is 14.9 Å². The SMILES string of the molecule is COC(=O)C(C)(CO)NC(=O)c1c(C)nn2ccc(OCc3ccccc3F)cc12. The van der Waals surface area contributed by atoms with Crippen molar-refractivity contribution in [2.24, 2.45) is 0 Å². The molecular formula is C21H22FN3O5. The fraction of sp³-hybridized carbons (Fsp3) is 0.286. The number of aliphatic hydroxyl groups excluding tert-OH is 1. The van der Waals surface area contributed by atoms with Crippen LogP contribution < -0.4 is 10.1 Å². The molecule has 0 aliphatic carbocycles. The maximum atomic E-state index is 13.8. The first-order chi connectivity index (χ1) is 14.3. The monoisotopic (exact) mass is 415 g/mol. The van der Waals surface area contributed by atoms with Gasteiger partial charge in [-0.1, -0.05) is 18.2 Å². The summed E-state index contributed by atoms with van der Waals surface area (Å²) in [5.74, 6) is -1.33. The Labute approximate surface area is 172 Å². The number of carbonyl (C=O) groups excluding carboxylic acids is 2. The van der Waals surface area contributed by atoms with Crippen molar-refractivity contribution in [3.8, 4) is 5.75 Å². The normalized spacial score (nSPS) is 13.0. The largest absolute Gasteiger partial charge is 0.489 e. The summed E-state index contributed by atoms with van der Waals surface area (Å²) in [6.07, 6.45) is 1.61. The van der Waals surface area contributed by atoms with E-state index in [4.69, 9.17) is 4.74 Å². The number of ether oxygens (including phenoxy) is 2. The molecule has 9 heteroatoms. The Morgan fingerprint density at radius 1 is 1.30 bits per heavy atom. The third-order valence-corrected chi connectivity index (χ3v) is 4.70. The summed E-state index contributed by atoms with van der Waals surface area (Å²) in [7, 11) is 1.17. The second-order valence-electron chi connectivity index (χ2n) is 6.97. The predicted molar refractivity (Wildman–Crippen MR) is 106 cm³/mol. The Morgan fingerprint density at radius 2 is 2.03 bits per heavy atom. The standard InChI is InChI=1S/C21H22FN3O5/c1-13-18(19(27)23-21(2,12-26)20(28)29-3)17-10-15(8-9-25(17)24-13)30-11-14-6-4-5-7-16(14)22/h4-10,26H,11-12H2,1-3H3,(H,23,27). The topological polar surface area (TPSA) is 102 Å². The first-order valence-electron chi connectivity index (χ1n) is 9.16. The molecule has 0 saturated carbocycles. The van der Waals surface area contributed by atoms with E-state index in [9.17, 15) is 19.1 Å². The number of benzene rings is 1. The van der Waals surface area contributed by atoms with Gasteiger partial charge >= 0.3 is 5.97 Å². The summed E-state index contributed by atoms with van der Waals surface area (Å²) >= 11 is 0. The van der Waals surface area contributed by atoms with Crippen LogP contribution in [0.4, 0.5) is 4.39 Å². The van der Waals surface area contributed by atoms with E-state index in [0.29, 0.717) is 22.5 Å². The number of amides is 1. The number of aryl methyl sites for hydroxylation is 1. The molecule has 158 valence electrons. The Morgan fingerprint density at radius 3 is 2.70 bits per heavy atom. The van der Waals surface area contributed by atoms with E-state index in [1.807, 2.05) is 0 Å². The summed E-state index contributed by atoms with van der Waals surface area (Å²) in [5.41, 5.74) is -0.136. The highest BCUT2D eigenvalue weighted by Crippen LogP contribution is 2.22. The van der Waals surface area contributed by atoms with E-state index in [1.54, 1.807) is 43.5 Å². The van der Waals surface area contributed by atoms with Crippen molar-refractivity contribution in [2.45, 2.75) is 26.0 Å². The number of esters is 1. The fourth-order valence-corrected chi connectivity index (χ4v) is 2.98. The van der Waals surface area contributed by atoms with Crippen LogP contribution >= 0.6 is 0 Å². The molecule has 0 spiro atoms. The van der Waals surface area contributed by atoms with Gasteiger partial charge in [0.1, 0.15) is 18.2 Å². The highest BCUT2D eigenvalue weighted by atomic mass is 19.1. The van der Waals surface area contributed by atoms with Gasteiger partial charge in [0.2, 0.25) is 0 Å². The van der Waals surface area contributed by atoms with Crippen LogP contribution in [0.25, 0.3) is 5.52 Å². The van der Waals surface area contributed by atoms with E-state index in [2.05, 4.69) is 15.2 Å². The van der Waals surface area contributed by atoms with E-state index >= 15 is 0 Å². The first-order valence-corrected chi connectivity index (χ1v) is 9.16. The zero-order chi connectivity index (χ0) is 21.9. The molecule has 0 radical (unpaired) electrons. The van der Waals surface area contributed by atoms with E-state index in [-0.39, 0.29) is 18.0 Å². The van der Waals surface area contributed by atoms with Crippen LogP contribution in [0.3, 0.4) is 0 Å². The summed E-state index contributed by atoms with van der Waals surface area (Å²) in [5, 5.41) is 16.4. The molecule has 3 rings (SSSR count). The molecule has 1 aromatic carbocycles. The molecule has 0 bridgehead atoms. The Kier molecular flexibility index (Phi) is 6.02. The number of pyridine rings is 1. The van der Waals surface area contributed by atoms with Crippen molar-refractivity contribution in [3.05, 3.63) is 65.2 Å². The van der Waals surface area contributed by atoms with Crippen molar-refractivity contribution >= 4 is 17.4 Å². The predicted octanol–water partition coefficient (Wildman–Crippen LogP) is 2.01. The molecule has 8 nitrogen and oxygen atoms in total. The second kappa shape index (κ2) is 8.50. The van der Waals surface area contributed by atoms with Crippen LogP contribution in [0.2, 0.25) is 0 Å². The van der Waals surface area contributed by atoms with Gasteiger partial charge in [-0.3, -0.25) is 4.79 Å². The molecule has 0 aliphatic heterocycles. The van der Waals surface area contributed by atoms with Crippen molar-refractivity contribution in [1.29, 1.82) is 0 Å². The molecule has 1 atom stereocenters. The molecule has 30 heavy (non-hydrogen) atoms. The van der Waals surface area contributed by atoms with Crippen LogP contribution in [0.5, 0.6) is 5.75 Å². The number of hydrogen-bond acceptors (Lipinski definition) is 6. The van der Waals surface area contributed by atoms with Crippen molar-refractivity contribution in [2.75, 3.05) is 13.7 Å². The maximum absolute atomic E-state index is 13.8. The number of fused-ring (bicyclic) bond motifs is 1. The number of rotatable bonds is 7. The molecule has 3 aromatic rings. The average Bonchev–Trinajstić information content (AvgIpc) is 3.07. The minimum Gasteiger partial charge on any atom is -0.489 e. The number of aliphatic hydroxyl groups is 1. The Balaban J connectivity index is 1.89. The van der Waals surface area contributed by atoms with Crippen LogP contribution in [0, 0.1) is 12.7 Å². The Hall–Kier alpha value is -3.46. The molecule has 2 aromatic heterocycles. The van der Waals surface area contributed by atoms with Gasteiger partial charge in [0.15, 0.2) is 5.54 Å². The summed E-state index contributed by atoms with van der Waals surface area (Å²) in [6.45, 7) is 2.39. The summed E-state index contributed by atoms with van der Waals surface area (Å²) in [6, 6.07) is 9.54. The van der Waals surface area contributed by atoms with E-state index < -0.39 is 24.0 Å². The maximum Gasteiger partial charge on any atom is 0.333 e. The number of nitrogens with one attached hydrogen (secondary N) is 1. The number of halogens is 1. The zero-order valence-electron chi connectivity index (χ0n) is 16.8. The van der Waals surface area contributed by atoms with Crippen molar-refractivity contribution < 1.29 is 28.6 Å². The van der Waals surface area contributed by atoms with Crippen LogP contribution in [-0.4, -0.2) is 45.9 Å². The minimum atomic E-state index is -1.61. The third-order valence-electron chi connectivity index (χ3n) is 4.70. The van der Waals surface area contributed by atoms with Crippen LogP contribution in [0.1, 0.15) is 28.5 Å². The lowest BCUT2D eigenvalue weighted by molar-refractivity contribution is -0.149. The van der Waals surface area contributed by atoms with Gasteiger partial charge in [0, 0.05) is 17.8 Å². The summed E-state index contributed by atoms with van der Waals surface area (Å²) in [4.78, 5) is 24.8. The molecule has 2 heterocycles. The minimum absolute atomic E-state index is 0.0163. The molecule has 1 unspecified atom stereocenters. The quantitative estimate of drug-likeness (QED) is 0.573. The summed E-state index contributed by atoms with van der Waals surface area (Å²) < 4.78 is 25.6. The van der Waals surface area contributed by atoms with Gasteiger partial charge in [-0.2, -0.15) is 5.10 Å². The van der Waals surface area contributed by atoms with Crippen molar-refractivity contribution in [3.63, 3.8) is 0 Å². The van der Waals surface area contributed by atoms with Gasteiger partial charge < -0.3 is 19.9 Å². The number of carbonyl (C=O) groups is 2. The lowest BCUT2D eigenvalue weighted by atomic mass is 10.0. The van der Waals surface area contributed by atoms with Crippen LogP contribution in [-0.2, 0) is 16.1 Å². The van der Waals surface area contributed by atoms with Gasteiger partial charge in [-0.15, -0.1) is 0 Å². The van der Waals surface area contributed by atoms with E-state index in [1.165, 1.54) is 24.6 Å². The number of methoxy groups -OCH3 is 1. The van der Waals surface area contributed by atoms with Gasteiger partial charge in [-0.05, 0) is 26.0 Å². The molecule has 1 amide bonds. The highest BCUT2D eigenvalue weighted by molar-refractivity contribution is 6.04. The smallest absolute Gasteiger partial charge is 0.333 e. The second-order valence-corrected chi connectivity index (χ2v) is 6.97. The third kappa shape index (κ3) is 4.11. The number of aromatic nitrogens is 2. The fourth-order valence-electron chi connectivity index (χ4n) is 2.98. The van der Waals surface area contributed by atoms with Gasteiger partial charge in [0.25, 0.3) is 5.91 Å². The van der Waals surface area contributed by atoms with Gasteiger partial charge in [0.05, 0.1) is 30.5 Å². The zero-order valence-corrected chi connectivity index (χ0v) is 16.8. The molecule has 0 aliphatic rings.